The Kier molecular flexibility index (Phi) is 5.37. The third-order valence-corrected chi connectivity index (χ3v) is 8.41. The van der Waals surface area contributed by atoms with Crippen molar-refractivity contribution >= 4 is 10.0 Å². The van der Waals surface area contributed by atoms with Gasteiger partial charge in [0, 0.05) is 13.1 Å². The third-order valence-electron chi connectivity index (χ3n) is 6.27. The van der Waals surface area contributed by atoms with Gasteiger partial charge in [0.15, 0.2) is 0 Å². The number of ether oxygens (including phenoxy) is 1. The molecule has 1 saturated heterocycles. The van der Waals surface area contributed by atoms with Crippen LogP contribution in [0.5, 0.6) is 5.75 Å². The summed E-state index contributed by atoms with van der Waals surface area (Å²) in [4.78, 5) is 0.499. The molecule has 0 saturated carbocycles. The molecule has 0 radical (unpaired) electrons. The monoisotopic (exact) mass is 387 g/mol. The second-order valence-electron chi connectivity index (χ2n) is 7.58. The first-order chi connectivity index (χ1) is 12.7. The molecule has 1 aliphatic heterocycles. The quantitative estimate of drug-likeness (QED) is 0.780. The van der Waals surface area contributed by atoms with Crippen LogP contribution < -0.4 is 4.74 Å². The van der Waals surface area contributed by atoms with Crippen molar-refractivity contribution in [2.75, 3.05) is 20.2 Å². The van der Waals surface area contributed by atoms with E-state index in [0.717, 1.165) is 34.4 Å². The Bertz CT molecular complexity index is 933. The molecule has 0 aliphatic carbocycles. The van der Waals surface area contributed by atoms with E-state index < -0.39 is 10.0 Å². The van der Waals surface area contributed by atoms with Crippen molar-refractivity contribution < 1.29 is 13.2 Å². The van der Waals surface area contributed by atoms with Crippen LogP contribution in [0.1, 0.15) is 45.7 Å². The second-order valence-corrected chi connectivity index (χ2v) is 9.45. The first kappa shape index (κ1) is 19.9. The van der Waals surface area contributed by atoms with Gasteiger partial charge >= 0.3 is 0 Å². The smallest absolute Gasteiger partial charge is 0.243 e. The summed E-state index contributed by atoms with van der Waals surface area (Å²) in [5.41, 5.74) is 6.25. The van der Waals surface area contributed by atoms with Gasteiger partial charge in [-0.05, 0) is 92.5 Å². The standard InChI is InChI=1S/C22H29NO3S/c1-14-15(2)17(4)22(18(5)16(14)3)27(24,25)23-12-11-20(13-23)19-7-9-21(26-6)10-8-19/h7-10,20H,11-13H2,1-6H3. The Labute approximate surface area is 163 Å². The van der Waals surface area contributed by atoms with Crippen LogP contribution in [-0.4, -0.2) is 32.9 Å². The van der Waals surface area contributed by atoms with Crippen LogP contribution in [0, 0.1) is 34.6 Å². The Morgan fingerprint density at radius 1 is 0.889 bits per heavy atom. The summed E-state index contributed by atoms with van der Waals surface area (Å²) in [5.74, 6) is 1.04. The molecule has 27 heavy (non-hydrogen) atoms. The van der Waals surface area contributed by atoms with Crippen molar-refractivity contribution in [1.82, 2.24) is 4.31 Å². The number of rotatable bonds is 4. The summed E-state index contributed by atoms with van der Waals surface area (Å²) >= 11 is 0. The van der Waals surface area contributed by atoms with Gasteiger partial charge in [-0.3, -0.25) is 0 Å². The molecule has 0 spiro atoms. The van der Waals surface area contributed by atoms with Crippen LogP contribution in [0.3, 0.4) is 0 Å². The molecule has 1 unspecified atom stereocenters. The Morgan fingerprint density at radius 2 is 1.41 bits per heavy atom. The number of methoxy groups -OCH3 is 1. The van der Waals surface area contributed by atoms with E-state index in [-0.39, 0.29) is 5.92 Å². The molecule has 0 bridgehead atoms. The number of benzene rings is 2. The van der Waals surface area contributed by atoms with Gasteiger partial charge in [-0.1, -0.05) is 12.1 Å². The van der Waals surface area contributed by atoms with Crippen molar-refractivity contribution in [3.05, 3.63) is 57.6 Å². The predicted molar refractivity (Wildman–Crippen MR) is 109 cm³/mol. The van der Waals surface area contributed by atoms with Crippen molar-refractivity contribution in [2.45, 2.75) is 51.9 Å². The van der Waals surface area contributed by atoms with E-state index in [2.05, 4.69) is 6.92 Å². The molecule has 146 valence electrons. The van der Waals surface area contributed by atoms with E-state index in [1.807, 2.05) is 52.0 Å². The maximum absolute atomic E-state index is 13.5. The molecule has 1 aliphatic rings. The Balaban J connectivity index is 1.93. The highest BCUT2D eigenvalue weighted by molar-refractivity contribution is 7.89. The van der Waals surface area contributed by atoms with Gasteiger partial charge in [-0.2, -0.15) is 4.31 Å². The summed E-state index contributed by atoms with van der Waals surface area (Å²) in [6.07, 6.45) is 0.841. The fourth-order valence-corrected chi connectivity index (χ4v) is 6.14. The average Bonchev–Trinajstić information content (AvgIpc) is 3.16. The molecule has 0 amide bonds. The highest BCUT2D eigenvalue weighted by Gasteiger charge is 2.35. The Morgan fingerprint density at radius 3 is 1.93 bits per heavy atom. The zero-order valence-corrected chi connectivity index (χ0v) is 17.9. The molecule has 1 heterocycles. The lowest BCUT2D eigenvalue weighted by Gasteiger charge is -2.23. The molecule has 2 aromatic rings. The van der Waals surface area contributed by atoms with Crippen molar-refractivity contribution in [2.24, 2.45) is 0 Å². The second kappa shape index (κ2) is 7.28. The molecule has 2 aromatic carbocycles. The molecule has 1 atom stereocenters. The van der Waals surface area contributed by atoms with Crippen LogP contribution in [0.25, 0.3) is 0 Å². The summed E-state index contributed by atoms with van der Waals surface area (Å²) in [7, 11) is -1.86. The van der Waals surface area contributed by atoms with E-state index in [1.54, 1.807) is 11.4 Å². The van der Waals surface area contributed by atoms with Gasteiger partial charge in [0.1, 0.15) is 5.75 Å². The minimum atomic E-state index is -3.51. The zero-order valence-electron chi connectivity index (χ0n) is 17.1. The molecular weight excluding hydrogens is 358 g/mol. The normalized spacial score (nSPS) is 18.1. The van der Waals surface area contributed by atoms with Crippen molar-refractivity contribution in [1.29, 1.82) is 0 Å². The van der Waals surface area contributed by atoms with Crippen LogP contribution in [-0.2, 0) is 10.0 Å². The van der Waals surface area contributed by atoms with E-state index in [4.69, 9.17) is 4.74 Å². The minimum absolute atomic E-state index is 0.221. The van der Waals surface area contributed by atoms with E-state index in [9.17, 15) is 8.42 Å². The van der Waals surface area contributed by atoms with Crippen molar-refractivity contribution in [3.8, 4) is 5.75 Å². The Hall–Kier alpha value is -1.85. The van der Waals surface area contributed by atoms with Crippen LogP contribution in [0.15, 0.2) is 29.2 Å². The van der Waals surface area contributed by atoms with Gasteiger partial charge in [-0.15, -0.1) is 0 Å². The van der Waals surface area contributed by atoms with Gasteiger partial charge in [0.25, 0.3) is 0 Å². The SMILES string of the molecule is COc1ccc(C2CCN(S(=O)(=O)c3c(C)c(C)c(C)c(C)c3C)C2)cc1. The third kappa shape index (κ3) is 3.39. The van der Waals surface area contributed by atoms with Gasteiger partial charge < -0.3 is 4.74 Å². The maximum Gasteiger partial charge on any atom is 0.243 e. The van der Waals surface area contributed by atoms with Crippen LogP contribution >= 0.6 is 0 Å². The lowest BCUT2D eigenvalue weighted by atomic mass is 9.95. The summed E-state index contributed by atoms with van der Waals surface area (Å²) in [5, 5.41) is 0. The number of hydrogen-bond donors (Lipinski definition) is 0. The summed E-state index contributed by atoms with van der Waals surface area (Å²) < 4.78 is 33.8. The molecule has 0 N–H and O–H groups in total. The molecule has 4 nitrogen and oxygen atoms in total. The predicted octanol–water partition coefficient (Wildman–Crippen LogP) is 4.42. The lowest BCUT2D eigenvalue weighted by molar-refractivity contribution is 0.414. The molecule has 1 fully saturated rings. The molecule has 5 heteroatoms. The van der Waals surface area contributed by atoms with Crippen LogP contribution in [0.4, 0.5) is 0 Å². The number of hydrogen-bond acceptors (Lipinski definition) is 3. The van der Waals surface area contributed by atoms with Crippen molar-refractivity contribution in [3.63, 3.8) is 0 Å². The molecule has 0 aromatic heterocycles. The van der Waals surface area contributed by atoms with Gasteiger partial charge in [-0.25, -0.2) is 8.42 Å². The van der Waals surface area contributed by atoms with E-state index in [1.165, 1.54) is 11.1 Å². The molecule has 3 rings (SSSR count). The van der Waals surface area contributed by atoms with Gasteiger partial charge in [0.2, 0.25) is 10.0 Å². The molecular formula is C22H29NO3S. The van der Waals surface area contributed by atoms with Gasteiger partial charge in [0.05, 0.1) is 12.0 Å². The summed E-state index contributed by atoms with van der Waals surface area (Å²) in [6.45, 7) is 11.0. The first-order valence-electron chi connectivity index (χ1n) is 9.39. The topological polar surface area (TPSA) is 46.6 Å². The fraction of sp³-hybridized carbons (Fsp3) is 0.455. The summed E-state index contributed by atoms with van der Waals surface area (Å²) in [6, 6.07) is 7.95. The fourth-order valence-electron chi connectivity index (χ4n) is 4.08. The highest BCUT2D eigenvalue weighted by Crippen LogP contribution is 2.36. The van der Waals surface area contributed by atoms with E-state index >= 15 is 0 Å². The minimum Gasteiger partial charge on any atom is -0.497 e. The highest BCUT2D eigenvalue weighted by atomic mass is 32.2. The zero-order chi connectivity index (χ0) is 19.9. The largest absolute Gasteiger partial charge is 0.497 e. The van der Waals surface area contributed by atoms with E-state index in [0.29, 0.717) is 18.0 Å². The number of sulfonamides is 1. The maximum atomic E-state index is 13.5. The number of nitrogens with zero attached hydrogens (tertiary/aromatic N) is 1. The van der Waals surface area contributed by atoms with Crippen LogP contribution in [0.2, 0.25) is 0 Å². The first-order valence-corrected chi connectivity index (χ1v) is 10.8. The average molecular weight is 388 g/mol. The lowest BCUT2D eigenvalue weighted by Crippen LogP contribution is -2.30.